The van der Waals surface area contributed by atoms with E-state index in [1.54, 1.807) is 0 Å². The van der Waals surface area contributed by atoms with E-state index < -0.39 is 0 Å². The van der Waals surface area contributed by atoms with Crippen molar-refractivity contribution in [2.75, 3.05) is 19.6 Å². The van der Waals surface area contributed by atoms with Gasteiger partial charge in [0.2, 0.25) is 0 Å². The van der Waals surface area contributed by atoms with Crippen molar-refractivity contribution in [3.8, 4) is 0 Å². The molecule has 1 aliphatic heterocycles. The molecule has 3 nitrogen and oxygen atoms in total. The second-order valence-corrected chi connectivity index (χ2v) is 5.96. The highest BCUT2D eigenvalue weighted by Crippen LogP contribution is 2.18. The molecular weight excluding hydrogens is 316 g/mol. The summed E-state index contributed by atoms with van der Waals surface area (Å²) in [6.07, 6.45) is 1.17. The number of hydrogen-bond donors (Lipinski definition) is 1. The number of benzene rings is 1. The summed E-state index contributed by atoms with van der Waals surface area (Å²) in [6, 6.07) is 12.7. The molecule has 1 aromatic carbocycles. The number of rotatable bonds is 5. The van der Waals surface area contributed by atoms with E-state index in [4.69, 9.17) is 4.42 Å². The van der Waals surface area contributed by atoms with Crippen LogP contribution in [0.15, 0.2) is 45.5 Å². The Kier molecular flexibility index (Phi) is 4.55. The quantitative estimate of drug-likeness (QED) is 0.851. The molecule has 1 N–H and O–H groups in total. The van der Waals surface area contributed by atoms with Gasteiger partial charge in [-0.2, -0.15) is 0 Å². The molecule has 3 rings (SSSR count). The van der Waals surface area contributed by atoms with Crippen LogP contribution in [0.3, 0.4) is 0 Å². The van der Waals surface area contributed by atoms with Gasteiger partial charge < -0.3 is 9.73 Å². The van der Waals surface area contributed by atoms with Crippen LogP contribution >= 0.6 is 15.9 Å². The fourth-order valence-electron chi connectivity index (χ4n) is 2.64. The molecular formula is C16H19BrN2O. The molecule has 0 atom stereocenters. The van der Waals surface area contributed by atoms with Crippen molar-refractivity contribution in [1.82, 2.24) is 10.2 Å². The lowest BCUT2D eigenvalue weighted by Gasteiger charge is -2.28. The summed E-state index contributed by atoms with van der Waals surface area (Å²) in [4.78, 5) is 2.51. The van der Waals surface area contributed by atoms with Crippen LogP contribution in [0.1, 0.15) is 16.9 Å². The van der Waals surface area contributed by atoms with E-state index in [9.17, 15) is 0 Å². The van der Waals surface area contributed by atoms with Crippen LogP contribution in [0.2, 0.25) is 0 Å². The fraction of sp³-hybridized carbons (Fsp3) is 0.375. The molecule has 0 fully saturated rings. The Labute approximate surface area is 128 Å². The second kappa shape index (κ2) is 6.57. The number of furan rings is 1. The molecule has 4 heteroatoms. The summed E-state index contributed by atoms with van der Waals surface area (Å²) in [7, 11) is 0. The fourth-order valence-corrected chi connectivity index (χ4v) is 2.98. The highest BCUT2D eigenvalue weighted by atomic mass is 79.9. The van der Waals surface area contributed by atoms with Gasteiger partial charge in [-0.05, 0) is 45.6 Å². The lowest BCUT2D eigenvalue weighted by Crippen LogP contribution is -2.35. The number of nitrogens with zero attached hydrogens (tertiary/aromatic N) is 1. The molecule has 106 valence electrons. The molecule has 1 aromatic heterocycles. The maximum atomic E-state index is 5.46. The second-order valence-electron chi connectivity index (χ2n) is 5.18. The SMILES string of the molecule is Brc1ccc(CNCCN2CCc3ccccc3C2)o1. The summed E-state index contributed by atoms with van der Waals surface area (Å²) < 4.78 is 6.26. The zero-order valence-corrected chi connectivity index (χ0v) is 13.0. The predicted octanol–water partition coefficient (Wildman–Crippen LogP) is 3.19. The van der Waals surface area contributed by atoms with Crippen molar-refractivity contribution in [3.05, 3.63) is 58.0 Å². The number of fused-ring (bicyclic) bond motifs is 1. The Balaban J connectivity index is 1.42. The van der Waals surface area contributed by atoms with Crippen LogP contribution in [0.25, 0.3) is 0 Å². The first kappa shape index (κ1) is 13.9. The monoisotopic (exact) mass is 334 g/mol. The summed E-state index contributed by atoms with van der Waals surface area (Å²) in [5.41, 5.74) is 2.99. The van der Waals surface area contributed by atoms with Gasteiger partial charge in [-0.1, -0.05) is 24.3 Å². The van der Waals surface area contributed by atoms with E-state index in [0.717, 1.165) is 43.2 Å². The predicted molar refractivity (Wildman–Crippen MR) is 83.5 cm³/mol. The van der Waals surface area contributed by atoms with Crippen LogP contribution in [0, 0.1) is 0 Å². The summed E-state index contributed by atoms with van der Waals surface area (Å²) in [6.45, 7) is 5.09. The van der Waals surface area contributed by atoms with Gasteiger partial charge in [0.15, 0.2) is 4.67 Å². The van der Waals surface area contributed by atoms with E-state index in [2.05, 4.69) is 50.4 Å². The van der Waals surface area contributed by atoms with Crippen LogP contribution in [0.5, 0.6) is 0 Å². The maximum absolute atomic E-state index is 5.46. The third-order valence-corrected chi connectivity index (χ3v) is 4.17. The van der Waals surface area contributed by atoms with Crippen molar-refractivity contribution >= 4 is 15.9 Å². The van der Waals surface area contributed by atoms with Crippen molar-refractivity contribution < 1.29 is 4.42 Å². The van der Waals surface area contributed by atoms with Gasteiger partial charge >= 0.3 is 0 Å². The average Bonchev–Trinajstić information content (AvgIpc) is 2.89. The van der Waals surface area contributed by atoms with Gasteiger partial charge in [0.1, 0.15) is 5.76 Å². The number of nitrogens with one attached hydrogen (secondary N) is 1. The van der Waals surface area contributed by atoms with Gasteiger partial charge in [0, 0.05) is 26.2 Å². The standard InChI is InChI=1S/C16H19BrN2O/c17-16-6-5-15(20-16)11-18-8-10-19-9-7-13-3-1-2-4-14(13)12-19/h1-6,18H,7-12H2. The minimum Gasteiger partial charge on any atom is -0.453 e. The van der Waals surface area contributed by atoms with Gasteiger partial charge in [0.25, 0.3) is 0 Å². The highest BCUT2D eigenvalue weighted by molar-refractivity contribution is 9.10. The van der Waals surface area contributed by atoms with Gasteiger partial charge in [-0.15, -0.1) is 0 Å². The molecule has 0 saturated carbocycles. The molecule has 0 radical (unpaired) electrons. The van der Waals surface area contributed by atoms with E-state index >= 15 is 0 Å². The lowest BCUT2D eigenvalue weighted by atomic mass is 10.00. The Morgan fingerprint density at radius 3 is 2.80 bits per heavy atom. The molecule has 0 spiro atoms. The molecule has 2 aromatic rings. The van der Waals surface area contributed by atoms with Crippen molar-refractivity contribution in [1.29, 1.82) is 0 Å². The van der Waals surface area contributed by atoms with E-state index in [-0.39, 0.29) is 0 Å². The molecule has 0 unspecified atom stereocenters. The molecule has 2 heterocycles. The van der Waals surface area contributed by atoms with Gasteiger partial charge in [0.05, 0.1) is 6.54 Å². The van der Waals surface area contributed by atoms with Crippen LogP contribution in [0.4, 0.5) is 0 Å². The van der Waals surface area contributed by atoms with E-state index in [0.29, 0.717) is 0 Å². The minimum atomic E-state index is 0.788. The Hall–Kier alpha value is -1.10. The van der Waals surface area contributed by atoms with Crippen LogP contribution in [-0.2, 0) is 19.5 Å². The number of hydrogen-bond acceptors (Lipinski definition) is 3. The van der Waals surface area contributed by atoms with Gasteiger partial charge in [-0.3, -0.25) is 4.90 Å². The first-order valence-electron chi connectivity index (χ1n) is 7.05. The summed E-state index contributed by atoms with van der Waals surface area (Å²) >= 11 is 3.32. The normalized spacial score (nSPS) is 15.2. The maximum Gasteiger partial charge on any atom is 0.169 e. The van der Waals surface area contributed by atoms with Crippen molar-refractivity contribution in [2.24, 2.45) is 0 Å². The average molecular weight is 335 g/mol. The molecule has 0 aliphatic carbocycles. The Morgan fingerprint density at radius 2 is 2.00 bits per heavy atom. The Morgan fingerprint density at radius 1 is 1.15 bits per heavy atom. The third kappa shape index (κ3) is 3.51. The van der Waals surface area contributed by atoms with Gasteiger partial charge in [-0.25, -0.2) is 0 Å². The smallest absolute Gasteiger partial charge is 0.169 e. The summed E-state index contributed by atoms with van der Waals surface area (Å²) in [5.74, 6) is 0.973. The van der Waals surface area contributed by atoms with Crippen LogP contribution < -0.4 is 5.32 Å². The van der Waals surface area contributed by atoms with E-state index in [1.807, 2.05) is 12.1 Å². The first-order chi connectivity index (χ1) is 9.81. The van der Waals surface area contributed by atoms with E-state index in [1.165, 1.54) is 17.5 Å². The highest BCUT2D eigenvalue weighted by Gasteiger charge is 2.14. The van der Waals surface area contributed by atoms with Crippen molar-refractivity contribution in [2.45, 2.75) is 19.5 Å². The zero-order valence-electron chi connectivity index (χ0n) is 11.4. The topological polar surface area (TPSA) is 28.4 Å². The largest absolute Gasteiger partial charge is 0.453 e. The first-order valence-corrected chi connectivity index (χ1v) is 7.84. The number of halogens is 1. The molecule has 0 amide bonds. The molecule has 20 heavy (non-hydrogen) atoms. The molecule has 0 saturated heterocycles. The minimum absolute atomic E-state index is 0.788. The van der Waals surface area contributed by atoms with Crippen LogP contribution in [-0.4, -0.2) is 24.5 Å². The third-order valence-electron chi connectivity index (χ3n) is 3.74. The summed E-state index contributed by atoms with van der Waals surface area (Å²) in [5, 5.41) is 3.43. The zero-order chi connectivity index (χ0) is 13.8. The lowest BCUT2D eigenvalue weighted by molar-refractivity contribution is 0.252. The van der Waals surface area contributed by atoms with Crippen molar-refractivity contribution in [3.63, 3.8) is 0 Å². The molecule has 1 aliphatic rings. The molecule has 0 bridgehead atoms. The Bertz CT molecular complexity index is 567.